The first kappa shape index (κ1) is 13.1. The van der Waals surface area contributed by atoms with Gasteiger partial charge in [-0.05, 0) is 25.0 Å². The van der Waals surface area contributed by atoms with E-state index in [2.05, 4.69) is 0 Å². The molecular formula is C13H17NO3S. The van der Waals surface area contributed by atoms with Crippen molar-refractivity contribution in [1.29, 1.82) is 0 Å². The summed E-state index contributed by atoms with van der Waals surface area (Å²) in [5.74, 6) is -0.00674. The van der Waals surface area contributed by atoms with Crippen LogP contribution in [0.4, 0.5) is 0 Å². The van der Waals surface area contributed by atoms with Crippen LogP contribution in [0.25, 0.3) is 0 Å². The van der Waals surface area contributed by atoms with E-state index >= 15 is 0 Å². The molecule has 5 heteroatoms. The van der Waals surface area contributed by atoms with Crippen LogP contribution in [0.1, 0.15) is 23.2 Å². The summed E-state index contributed by atoms with van der Waals surface area (Å²) in [7, 11) is -3.05. The molecule has 0 N–H and O–H groups in total. The molecule has 1 aromatic rings. The summed E-state index contributed by atoms with van der Waals surface area (Å²) in [4.78, 5) is 14.0. The standard InChI is InChI=1S/C13H17NO3S/c1-18(16,17)10-12-8-5-9-14(12)13(15)11-6-3-2-4-7-11/h2-4,6-7,12H,5,8-10H2,1H3/t12-/m1/s1. The maximum absolute atomic E-state index is 12.3. The molecule has 0 saturated carbocycles. The van der Waals surface area contributed by atoms with Crippen molar-refractivity contribution in [3.05, 3.63) is 35.9 Å². The number of hydrogen-bond donors (Lipinski definition) is 0. The van der Waals surface area contributed by atoms with Crippen LogP contribution in [0.5, 0.6) is 0 Å². The number of carbonyl (C=O) groups is 1. The quantitative estimate of drug-likeness (QED) is 0.830. The lowest BCUT2D eigenvalue weighted by Gasteiger charge is -2.24. The highest BCUT2D eigenvalue weighted by molar-refractivity contribution is 7.90. The van der Waals surface area contributed by atoms with E-state index in [0.717, 1.165) is 12.8 Å². The SMILES string of the molecule is CS(=O)(=O)C[C@H]1CCCN1C(=O)c1ccccc1. The second kappa shape index (κ2) is 5.10. The van der Waals surface area contributed by atoms with Gasteiger partial charge in [0.05, 0.1) is 5.75 Å². The van der Waals surface area contributed by atoms with E-state index in [1.165, 1.54) is 6.26 Å². The molecule has 4 nitrogen and oxygen atoms in total. The zero-order chi connectivity index (χ0) is 13.2. The minimum Gasteiger partial charge on any atom is -0.335 e. The highest BCUT2D eigenvalue weighted by atomic mass is 32.2. The summed E-state index contributed by atoms with van der Waals surface area (Å²) in [6, 6.07) is 8.84. The van der Waals surface area contributed by atoms with Crippen molar-refractivity contribution in [2.75, 3.05) is 18.6 Å². The Morgan fingerprint density at radius 2 is 2.00 bits per heavy atom. The molecule has 1 aromatic carbocycles. The van der Waals surface area contributed by atoms with E-state index in [1.54, 1.807) is 17.0 Å². The number of carbonyl (C=O) groups excluding carboxylic acids is 1. The van der Waals surface area contributed by atoms with Crippen LogP contribution >= 0.6 is 0 Å². The van der Waals surface area contributed by atoms with Gasteiger partial charge in [-0.15, -0.1) is 0 Å². The molecule has 0 aromatic heterocycles. The molecule has 1 atom stereocenters. The van der Waals surface area contributed by atoms with Crippen LogP contribution in [0.2, 0.25) is 0 Å². The molecule has 2 rings (SSSR count). The number of rotatable bonds is 3. The predicted octanol–water partition coefficient (Wildman–Crippen LogP) is 1.34. The molecule has 0 radical (unpaired) electrons. The third-order valence-electron chi connectivity index (χ3n) is 3.15. The van der Waals surface area contributed by atoms with Crippen LogP contribution < -0.4 is 0 Å². The highest BCUT2D eigenvalue weighted by Crippen LogP contribution is 2.21. The number of hydrogen-bond acceptors (Lipinski definition) is 3. The zero-order valence-corrected chi connectivity index (χ0v) is 11.2. The molecular weight excluding hydrogens is 250 g/mol. The van der Waals surface area contributed by atoms with Gasteiger partial charge in [-0.1, -0.05) is 18.2 Å². The molecule has 1 amide bonds. The van der Waals surface area contributed by atoms with E-state index in [1.807, 2.05) is 18.2 Å². The van der Waals surface area contributed by atoms with Crippen molar-refractivity contribution in [3.63, 3.8) is 0 Å². The van der Waals surface area contributed by atoms with Gasteiger partial charge in [-0.25, -0.2) is 8.42 Å². The second-order valence-electron chi connectivity index (χ2n) is 4.75. The molecule has 98 valence electrons. The van der Waals surface area contributed by atoms with Crippen LogP contribution in [0, 0.1) is 0 Å². The Labute approximate surface area is 108 Å². The second-order valence-corrected chi connectivity index (χ2v) is 6.94. The summed E-state index contributed by atoms with van der Waals surface area (Å²) in [6.07, 6.45) is 2.86. The van der Waals surface area contributed by atoms with E-state index in [4.69, 9.17) is 0 Å². The Morgan fingerprint density at radius 1 is 1.33 bits per heavy atom. The Kier molecular flexibility index (Phi) is 3.71. The number of sulfone groups is 1. The fourth-order valence-corrected chi connectivity index (χ4v) is 3.42. The van der Waals surface area contributed by atoms with Gasteiger partial charge in [-0.2, -0.15) is 0 Å². The van der Waals surface area contributed by atoms with Gasteiger partial charge in [0.2, 0.25) is 0 Å². The molecule has 1 aliphatic heterocycles. The average Bonchev–Trinajstić information content (AvgIpc) is 2.75. The minimum absolute atomic E-state index is 0.0611. The van der Waals surface area contributed by atoms with Gasteiger partial charge in [-0.3, -0.25) is 4.79 Å². The van der Waals surface area contributed by atoms with Crippen molar-refractivity contribution in [2.24, 2.45) is 0 Å². The molecule has 0 aliphatic carbocycles. The number of nitrogens with zero attached hydrogens (tertiary/aromatic N) is 1. The Balaban J connectivity index is 2.15. The largest absolute Gasteiger partial charge is 0.335 e. The summed E-state index contributed by atoms with van der Waals surface area (Å²) in [5.41, 5.74) is 0.623. The molecule has 1 aliphatic rings. The van der Waals surface area contributed by atoms with Crippen LogP contribution in [0.15, 0.2) is 30.3 Å². The molecule has 0 bridgehead atoms. The van der Waals surface area contributed by atoms with Gasteiger partial charge < -0.3 is 4.90 Å². The third-order valence-corrected chi connectivity index (χ3v) is 4.14. The predicted molar refractivity (Wildman–Crippen MR) is 70.2 cm³/mol. The zero-order valence-electron chi connectivity index (χ0n) is 10.4. The lowest BCUT2D eigenvalue weighted by molar-refractivity contribution is 0.0749. The smallest absolute Gasteiger partial charge is 0.254 e. The van der Waals surface area contributed by atoms with Crippen molar-refractivity contribution in [3.8, 4) is 0 Å². The molecule has 0 spiro atoms. The Hall–Kier alpha value is -1.36. The summed E-state index contributed by atoms with van der Waals surface area (Å²) in [5, 5.41) is 0. The van der Waals surface area contributed by atoms with Crippen LogP contribution in [-0.4, -0.2) is 43.8 Å². The molecule has 1 fully saturated rings. The fourth-order valence-electron chi connectivity index (χ4n) is 2.37. The fraction of sp³-hybridized carbons (Fsp3) is 0.462. The topological polar surface area (TPSA) is 54.5 Å². The van der Waals surface area contributed by atoms with Gasteiger partial charge in [0.25, 0.3) is 5.91 Å². The molecule has 1 saturated heterocycles. The van der Waals surface area contributed by atoms with Gasteiger partial charge in [0.15, 0.2) is 0 Å². The van der Waals surface area contributed by atoms with Gasteiger partial charge >= 0.3 is 0 Å². The molecule has 0 unspecified atom stereocenters. The third kappa shape index (κ3) is 3.10. The average molecular weight is 267 g/mol. The van der Waals surface area contributed by atoms with E-state index in [9.17, 15) is 13.2 Å². The summed E-state index contributed by atoms with van der Waals surface area (Å²) in [6.45, 7) is 0.647. The van der Waals surface area contributed by atoms with Crippen LogP contribution in [0.3, 0.4) is 0 Å². The molecule has 1 heterocycles. The van der Waals surface area contributed by atoms with Gasteiger partial charge in [0.1, 0.15) is 9.84 Å². The highest BCUT2D eigenvalue weighted by Gasteiger charge is 2.31. The Bertz CT molecular complexity index is 524. The lowest BCUT2D eigenvalue weighted by atomic mass is 10.2. The van der Waals surface area contributed by atoms with Crippen molar-refractivity contribution >= 4 is 15.7 Å². The summed E-state index contributed by atoms with van der Waals surface area (Å²) >= 11 is 0. The Morgan fingerprint density at radius 3 is 2.61 bits per heavy atom. The molecule has 18 heavy (non-hydrogen) atoms. The number of benzene rings is 1. The van der Waals surface area contributed by atoms with Crippen molar-refractivity contribution < 1.29 is 13.2 Å². The maximum atomic E-state index is 12.3. The number of likely N-dealkylation sites (tertiary alicyclic amines) is 1. The number of amides is 1. The first-order chi connectivity index (χ1) is 8.47. The van der Waals surface area contributed by atoms with Crippen molar-refractivity contribution in [1.82, 2.24) is 4.90 Å². The van der Waals surface area contributed by atoms with E-state index in [-0.39, 0.29) is 17.7 Å². The van der Waals surface area contributed by atoms with Crippen LogP contribution in [-0.2, 0) is 9.84 Å². The normalized spacial score (nSPS) is 20.1. The van der Waals surface area contributed by atoms with E-state index in [0.29, 0.717) is 12.1 Å². The monoisotopic (exact) mass is 267 g/mol. The first-order valence-corrected chi connectivity index (χ1v) is 8.07. The van der Waals surface area contributed by atoms with Crippen molar-refractivity contribution in [2.45, 2.75) is 18.9 Å². The maximum Gasteiger partial charge on any atom is 0.254 e. The minimum atomic E-state index is -3.05. The van der Waals surface area contributed by atoms with Gasteiger partial charge in [0, 0.05) is 24.4 Å². The lowest BCUT2D eigenvalue weighted by Crippen LogP contribution is -2.39. The first-order valence-electron chi connectivity index (χ1n) is 6.01. The van der Waals surface area contributed by atoms with E-state index < -0.39 is 9.84 Å². The summed E-state index contributed by atoms with van der Waals surface area (Å²) < 4.78 is 22.7.